The van der Waals surface area contributed by atoms with E-state index in [1.807, 2.05) is 26.8 Å². The maximum absolute atomic E-state index is 11.7. The molecule has 0 amide bonds. The molecule has 2 rings (SSSR count). The molecular formula is C14H20N4O3. The summed E-state index contributed by atoms with van der Waals surface area (Å²) in [7, 11) is 0. The van der Waals surface area contributed by atoms with Crippen molar-refractivity contribution in [3.8, 4) is 0 Å². The molecule has 0 unspecified atom stereocenters. The van der Waals surface area contributed by atoms with Gasteiger partial charge in [0, 0.05) is 12.1 Å². The summed E-state index contributed by atoms with van der Waals surface area (Å²) >= 11 is 0. The highest BCUT2D eigenvalue weighted by molar-refractivity contribution is 5.69. The molecule has 114 valence electrons. The highest BCUT2D eigenvalue weighted by Gasteiger charge is 2.10. The lowest BCUT2D eigenvalue weighted by Crippen LogP contribution is -2.11. The minimum absolute atomic E-state index is 0.0205. The van der Waals surface area contributed by atoms with E-state index in [0.29, 0.717) is 18.3 Å². The van der Waals surface area contributed by atoms with Gasteiger partial charge < -0.3 is 9.26 Å². The zero-order valence-electron chi connectivity index (χ0n) is 12.6. The van der Waals surface area contributed by atoms with Gasteiger partial charge in [0.25, 0.3) is 5.89 Å². The minimum atomic E-state index is -0.308. The van der Waals surface area contributed by atoms with Crippen LogP contribution in [-0.4, -0.2) is 25.9 Å². The maximum Gasteiger partial charge on any atom is 0.308 e. The van der Waals surface area contributed by atoms with Crippen molar-refractivity contribution in [2.24, 2.45) is 0 Å². The summed E-state index contributed by atoms with van der Waals surface area (Å²) < 4.78 is 11.9. The van der Waals surface area contributed by atoms with E-state index in [-0.39, 0.29) is 19.0 Å². The summed E-state index contributed by atoms with van der Waals surface area (Å²) in [6.07, 6.45) is 1.97. The van der Waals surface area contributed by atoms with Crippen molar-refractivity contribution in [1.29, 1.82) is 0 Å². The Bertz CT molecular complexity index is 603. The number of carbonyl (C=O) groups excluding carboxylic acids is 1. The van der Waals surface area contributed by atoms with Crippen LogP contribution >= 0.6 is 0 Å². The van der Waals surface area contributed by atoms with Gasteiger partial charge in [0.1, 0.15) is 0 Å². The van der Waals surface area contributed by atoms with Crippen molar-refractivity contribution >= 4 is 5.97 Å². The topological polar surface area (TPSA) is 83.0 Å². The third-order valence-corrected chi connectivity index (χ3v) is 2.97. The molecule has 0 radical (unpaired) electrons. The summed E-state index contributed by atoms with van der Waals surface area (Å²) in [5.41, 5.74) is 1.97. The van der Waals surface area contributed by atoms with Gasteiger partial charge in [-0.15, -0.1) is 0 Å². The molecular weight excluding hydrogens is 272 g/mol. The summed E-state index contributed by atoms with van der Waals surface area (Å²) in [5.74, 6) is 0.668. The third kappa shape index (κ3) is 4.40. The van der Waals surface area contributed by atoms with Crippen LogP contribution < -0.4 is 0 Å². The summed E-state index contributed by atoms with van der Waals surface area (Å²) in [4.78, 5) is 15.8. The number of carbonyl (C=O) groups is 1. The predicted molar refractivity (Wildman–Crippen MR) is 74.4 cm³/mol. The second-order valence-electron chi connectivity index (χ2n) is 4.92. The van der Waals surface area contributed by atoms with Gasteiger partial charge >= 0.3 is 5.97 Å². The van der Waals surface area contributed by atoms with E-state index in [4.69, 9.17) is 9.26 Å². The summed E-state index contributed by atoms with van der Waals surface area (Å²) in [5, 5.41) is 8.09. The van der Waals surface area contributed by atoms with E-state index < -0.39 is 0 Å². The van der Waals surface area contributed by atoms with Crippen molar-refractivity contribution < 1.29 is 14.1 Å². The molecule has 0 aliphatic carbocycles. The van der Waals surface area contributed by atoms with Gasteiger partial charge in [-0.25, -0.2) is 0 Å². The van der Waals surface area contributed by atoms with Crippen LogP contribution in [0.3, 0.4) is 0 Å². The number of rotatable bonds is 7. The Hall–Kier alpha value is -2.18. The van der Waals surface area contributed by atoms with Gasteiger partial charge in [-0.05, 0) is 26.3 Å². The quantitative estimate of drug-likeness (QED) is 0.725. The zero-order valence-corrected chi connectivity index (χ0v) is 12.6. The molecule has 7 nitrogen and oxygen atoms in total. The first-order chi connectivity index (χ1) is 10.1. The van der Waals surface area contributed by atoms with Crippen molar-refractivity contribution in [1.82, 2.24) is 19.9 Å². The largest absolute Gasteiger partial charge is 0.456 e. The summed E-state index contributed by atoms with van der Waals surface area (Å²) in [6, 6.07) is 1.97. The molecule has 0 saturated carbocycles. The molecule has 0 atom stereocenters. The number of aryl methyl sites for hydroxylation is 4. The van der Waals surface area contributed by atoms with E-state index in [0.717, 1.165) is 24.2 Å². The molecule has 0 fully saturated rings. The molecule has 21 heavy (non-hydrogen) atoms. The molecule has 0 saturated heterocycles. The van der Waals surface area contributed by atoms with Crippen LogP contribution in [0.4, 0.5) is 0 Å². The maximum atomic E-state index is 11.7. The molecule has 0 aromatic carbocycles. The second kappa shape index (κ2) is 7.01. The van der Waals surface area contributed by atoms with E-state index in [2.05, 4.69) is 15.2 Å². The first-order valence-corrected chi connectivity index (χ1v) is 7.06. The molecule has 0 N–H and O–H groups in total. The summed E-state index contributed by atoms with van der Waals surface area (Å²) in [6.45, 7) is 6.44. The Morgan fingerprint density at radius 1 is 1.43 bits per heavy atom. The van der Waals surface area contributed by atoms with Crippen molar-refractivity contribution in [2.75, 3.05) is 0 Å². The average molecular weight is 292 g/mol. The van der Waals surface area contributed by atoms with Crippen LogP contribution in [0, 0.1) is 13.8 Å². The first-order valence-electron chi connectivity index (χ1n) is 7.06. The van der Waals surface area contributed by atoms with Crippen LogP contribution in [-0.2, 0) is 29.1 Å². The van der Waals surface area contributed by atoms with Gasteiger partial charge in [-0.2, -0.15) is 10.1 Å². The number of aromatic nitrogens is 4. The Labute approximate surface area is 123 Å². The Balaban J connectivity index is 1.75. The number of nitrogens with zero attached hydrogens (tertiary/aromatic N) is 4. The zero-order chi connectivity index (χ0) is 15.2. The molecule has 0 spiro atoms. The average Bonchev–Trinajstić information content (AvgIpc) is 3.01. The number of esters is 1. The molecule has 2 aromatic rings. The van der Waals surface area contributed by atoms with Gasteiger partial charge in [0.2, 0.25) is 0 Å². The van der Waals surface area contributed by atoms with Crippen molar-refractivity contribution in [3.63, 3.8) is 0 Å². The molecule has 0 aliphatic rings. The molecule has 0 aliphatic heterocycles. The fraction of sp³-hybridized carbons (Fsp3) is 0.571. The normalized spacial score (nSPS) is 10.8. The van der Waals surface area contributed by atoms with Gasteiger partial charge in [0.05, 0.1) is 18.7 Å². The number of ether oxygens (including phenoxy) is 1. The Morgan fingerprint density at radius 2 is 2.24 bits per heavy atom. The van der Waals surface area contributed by atoms with Crippen LogP contribution in [0.25, 0.3) is 0 Å². The Kier molecular flexibility index (Phi) is 5.08. The molecule has 7 heteroatoms. The molecule has 0 bridgehead atoms. The van der Waals surface area contributed by atoms with Gasteiger partial charge in [-0.1, -0.05) is 12.1 Å². The van der Waals surface area contributed by atoms with E-state index in [1.165, 1.54) is 0 Å². The number of hydrogen-bond donors (Lipinski definition) is 0. The lowest BCUT2D eigenvalue weighted by Gasteiger charge is -2.04. The fourth-order valence-electron chi connectivity index (χ4n) is 1.99. The standard InChI is InChI=1S/C14H20N4O3/c1-4-5-12-15-13(21-17-12)9-20-14(19)6-7-18-11(3)8-10(2)16-18/h8H,4-7,9H2,1-3H3. The minimum Gasteiger partial charge on any atom is -0.456 e. The van der Waals surface area contributed by atoms with Crippen LogP contribution in [0.15, 0.2) is 10.6 Å². The van der Waals surface area contributed by atoms with E-state index >= 15 is 0 Å². The van der Waals surface area contributed by atoms with Gasteiger partial charge in [-0.3, -0.25) is 9.48 Å². The highest BCUT2D eigenvalue weighted by atomic mass is 16.6. The monoisotopic (exact) mass is 292 g/mol. The van der Waals surface area contributed by atoms with Crippen LogP contribution in [0.2, 0.25) is 0 Å². The third-order valence-electron chi connectivity index (χ3n) is 2.97. The van der Waals surface area contributed by atoms with Crippen molar-refractivity contribution in [3.05, 3.63) is 29.2 Å². The smallest absolute Gasteiger partial charge is 0.308 e. The fourth-order valence-corrected chi connectivity index (χ4v) is 1.99. The second-order valence-corrected chi connectivity index (χ2v) is 4.92. The Morgan fingerprint density at radius 3 is 2.90 bits per heavy atom. The van der Waals surface area contributed by atoms with Crippen LogP contribution in [0.5, 0.6) is 0 Å². The highest BCUT2D eigenvalue weighted by Crippen LogP contribution is 2.05. The lowest BCUT2D eigenvalue weighted by atomic mass is 10.3. The molecule has 2 aromatic heterocycles. The van der Waals surface area contributed by atoms with Gasteiger partial charge in [0.15, 0.2) is 12.4 Å². The lowest BCUT2D eigenvalue weighted by molar-refractivity contribution is -0.146. The van der Waals surface area contributed by atoms with Crippen LogP contribution in [0.1, 0.15) is 42.9 Å². The number of hydrogen-bond acceptors (Lipinski definition) is 6. The predicted octanol–water partition coefficient (Wildman–Crippen LogP) is 1.97. The SMILES string of the molecule is CCCc1noc(COC(=O)CCn2nc(C)cc2C)n1. The van der Waals surface area contributed by atoms with E-state index in [9.17, 15) is 4.79 Å². The van der Waals surface area contributed by atoms with Crippen molar-refractivity contribution in [2.45, 2.75) is 53.2 Å². The first kappa shape index (κ1) is 15.2. The van der Waals surface area contributed by atoms with E-state index in [1.54, 1.807) is 4.68 Å². The molecule has 2 heterocycles.